The van der Waals surface area contributed by atoms with Crippen molar-refractivity contribution < 1.29 is 27.6 Å². The topological polar surface area (TPSA) is 116 Å². The number of carbonyl (C=O) groups is 1. The van der Waals surface area contributed by atoms with Crippen LogP contribution in [0.3, 0.4) is 0 Å². The fourth-order valence-corrected chi connectivity index (χ4v) is 2.98. The first-order chi connectivity index (χ1) is 11.0. The van der Waals surface area contributed by atoms with Crippen LogP contribution in [-0.2, 0) is 28.0 Å². The molecule has 3 N–H and O–H groups in total. The second-order valence-electron chi connectivity index (χ2n) is 6.71. The Morgan fingerprint density at radius 1 is 1.38 bits per heavy atom. The zero-order valence-corrected chi connectivity index (χ0v) is 14.6. The summed E-state index contributed by atoms with van der Waals surface area (Å²) >= 11 is 0. The molecule has 134 valence electrons. The lowest BCUT2D eigenvalue weighted by molar-refractivity contribution is 0.00462. The van der Waals surface area contributed by atoms with Gasteiger partial charge in [0.15, 0.2) is 0 Å². The van der Waals surface area contributed by atoms with Crippen LogP contribution in [0.15, 0.2) is 18.2 Å². The van der Waals surface area contributed by atoms with Gasteiger partial charge in [-0.1, -0.05) is 6.07 Å². The van der Waals surface area contributed by atoms with E-state index in [-0.39, 0.29) is 18.8 Å². The van der Waals surface area contributed by atoms with Gasteiger partial charge in [0.25, 0.3) is 0 Å². The minimum atomic E-state index is -4.37. The summed E-state index contributed by atoms with van der Waals surface area (Å²) in [5.74, 6) is 0. The third-order valence-electron chi connectivity index (χ3n) is 3.53. The molecule has 9 heteroatoms. The van der Waals surface area contributed by atoms with Crippen molar-refractivity contribution in [1.29, 1.82) is 0 Å². The lowest BCUT2D eigenvalue weighted by Gasteiger charge is -2.37. The van der Waals surface area contributed by atoms with E-state index in [1.54, 1.807) is 32.9 Å². The van der Waals surface area contributed by atoms with E-state index >= 15 is 0 Å². The Morgan fingerprint density at radius 3 is 2.58 bits per heavy atom. The monoisotopic (exact) mass is 358 g/mol. The summed E-state index contributed by atoms with van der Waals surface area (Å²) in [6, 6.07) is 4.36. The maximum Gasteiger partial charge on any atom is 0.410 e. The van der Waals surface area contributed by atoms with Gasteiger partial charge in [0.1, 0.15) is 5.60 Å². The number of aliphatic hydroxyl groups is 1. The number of hydrogen-bond donors (Lipinski definition) is 3. The second-order valence-corrected chi connectivity index (χ2v) is 7.86. The molecule has 1 unspecified atom stereocenters. The zero-order valence-electron chi connectivity index (χ0n) is 13.8. The second kappa shape index (κ2) is 6.58. The molecule has 0 saturated heterocycles. The van der Waals surface area contributed by atoms with Crippen molar-refractivity contribution in [3.8, 4) is 0 Å². The van der Waals surface area contributed by atoms with Crippen molar-refractivity contribution in [3.63, 3.8) is 0 Å². The lowest BCUT2D eigenvalue weighted by Crippen LogP contribution is -2.48. The van der Waals surface area contributed by atoms with E-state index < -0.39 is 28.0 Å². The van der Waals surface area contributed by atoms with Crippen molar-refractivity contribution in [2.45, 2.75) is 45.4 Å². The summed E-state index contributed by atoms with van der Waals surface area (Å²) in [7, 11) is -4.37. The van der Waals surface area contributed by atoms with Crippen molar-refractivity contribution in [3.05, 3.63) is 29.3 Å². The Hall–Kier alpha value is -1.84. The summed E-state index contributed by atoms with van der Waals surface area (Å²) < 4.78 is 38.1. The van der Waals surface area contributed by atoms with Crippen LogP contribution in [-0.4, -0.2) is 47.3 Å². The number of aliphatic hydroxyl groups excluding tert-OH is 1. The number of hydrogen-bond acceptors (Lipinski definition) is 5. The Bertz CT molecular complexity index is 726. The van der Waals surface area contributed by atoms with Gasteiger partial charge in [0.05, 0.1) is 18.3 Å². The minimum Gasteiger partial charge on any atom is -0.444 e. The average Bonchev–Trinajstić information content (AvgIpc) is 2.42. The van der Waals surface area contributed by atoms with Crippen LogP contribution in [0.2, 0.25) is 0 Å². The highest BCUT2D eigenvalue weighted by atomic mass is 32.2. The highest BCUT2D eigenvalue weighted by Gasteiger charge is 2.32. The average molecular weight is 358 g/mol. The van der Waals surface area contributed by atoms with Crippen molar-refractivity contribution >= 4 is 22.1 Å². The third kappa shape index (κ3) is 4.83. The zero-order chi connectivity index (χ0) is 18.1. The van der Waals surface area contributed by atoms with Gasteiger partial charge in [-0.05, 0) is 50.5 Å². The SMILES string of the molecule is CC(C)(C)OC(=O)N1Cc2cc(NS(=O)(=O)O)ccc2CC1CO. The van der Waals surface area contributed by atoms with Gasteiger partial charge in [0.2, 0.25) is 0 Å². The van der Waals surface area contributed by atoms with E-state index in [1.807, 2.05) is 4.72 Å². The molecule has 1 aliphatic rings. The molecule has 2 rings (SSSR count). The molecular formula is C15H22N2O6S. The summed E-state index contributed by atoms with van der Waals surface area (Å²) in [6.07, 6.45) is -0.114. The van der Waals surface area contributed by atoms with Gasteiger partial charge >= 0.3 is 16.4 Å². The van der Waals surface area contributed by atoms with Gasteiger partial charge < -0.3 is 9.84 Å². The highest BCUT2D eigenvalue weighted by Crippen LogP contribution is 2.27. The van der Waals surface area contributed by atoms with Crippen LogP contribution in [0.4, 0.5) is 10.5 Å². The first-order valence-electron chi connectivity index (χ1n) is 7.46. The summed E-state index contributed by atoms with van der Waals surface area (Å²) in [4.78, 5) is 13.8. The molecule has 0 bridgehead atoms. The molecule has 0 saturated carbocycles. The molecule has 0 spiro atoms. The van der Waals surface area contributed by atoms with Crippen LogP contribution in [0, 0.1) is 0 Å². The number of anilines is 1. The number of benzene rings is 1. The van der Waals surface area contributed by atoms with E-state index in [0.717, 1.165) is 11.1 Å². The molecule has 1 heterocycles. The molecule has 1 aromatic carbocycles. The number of carbonyl (C=O) groups excluding carboxylic acids is 1. The Labute approximate surface area is 141 Å². The maximum atomic E-state index is 12.3. The number of ether oxygens (including phenoxy) is 1. The van der Waals surface area contributed by atoms with Crippen LogP contribution < -0.4 is 4.72 Å². The van der Waals surface area contributed by atoms with Gasteiger partial charge in [-0.3, -0.25) is 14.2 Å². The number of amides is 1. The van der Waals surface area contributed by atoms with E-state index in [4.69, 9.17) is 9.29 Å². The van der Waals surface area contributed by atoms with Crippen LogP contribution in [0.1, 0.15) is 31.9 Å². The predicted molar refractivity (Wildman–Crippen MR) is 88.0 cm³/mol. The lowest BCUT2D eigenvalue weighted by atomic mass is 9.94. The molecule has 0 aromatic heterocycles. The smallest absolute Gasteiger partial charge is 0.410 e. The largest absolute Gasteiger partial charge is 0.444 e. The van der Waals surface area contributed by atoms with E-state index in [1.165, 1.54) is 11.0 Å². The summed E-state index contributed by atoms with van der Waals surface area (Å²) in [5, 5.41) is 9.57. The number of fused-ring (bicyclic) bond motifs is 1. The van der Waals surface area contributed by atoms with E-state index in [2.05, 4.69) is 0 Å². The first-order valence-corrected chi connectivity index (χ1v) is 8.90. The fraction of sp³-hybridized carbons (Fsp3) is 0.533. The number of nitrogens with zero attached hydrogens (tertiary/aromatic N) is 1. The van der Waals surface area contributed by atoms with Crippen molar-refractivity contribution in [1.82, 2.24) is 4.90 Å². The molecule has 8 nitrogen and oxygen atoms in total. The molecule has 1 aromatic rings. The molecule has 24 heavy (non-hydrogen) atoms. The third-order valence-corrected chi connectivity index (χ3v) is 4.02. The minimum absolute atomic E-state index is 0.177. The summed E-state index contributed by atoms with van der Waals surface area (Å²) in [5.41, 5.74) is 1.16. The summed E-state index contributed by atoms with van der Waals surface area (Å²) in [6.45, 7) is 5.24. The highest BCUT2D eigenvalue weighted by molar-refractivity contribution is 7.87. The first kappa shape index (κ1) is 18.5. The molecule has 1 atom stereocenters. The van der Waals surface area contributed by atoms with Gasteiger partial charge in [-0.15, -0.1) is 0 Å². The molecule has 0 aliphatic carbocycles. The molecule has 1 aliphatic heterocycles. The van der Waals surface area contributed by atoms with E-state index in [0.29, 0.717) is 6.42 Å². The molecule has 0 fully saturated rings. The molecular weight excluding hydrogens is 336 g/mol. The number of rotatable bonds is 3. The standard InChI is InChI=1S/C15H22N2O6S/c1-15(2,3)23-14(19)17-8-11-6-12(16-24(20,21)22)5-4-10(11)7-13(17)9-18/h4-6,13,16,18H,7-9H2,1-3H3,(H,20,21,22). The van der Waals surface area contributed by atoms with E-state index in [9.17, 15) is 18.3 Å². The predicted octanol–water partition coefficient (Wildman–Crippen LogP) is 1.56. The molecule has 1 amide bonds. The van der Waals surface area contributed by atoms with Crippen molar-refractivity contribution in [2.24, 2.45) is 0 Å². The van der Waals surface area contributed by atoms with Gasteiger partial charge in [-0.25, -0.2) is 4.79 Å². The Balaban J connectivity index is 2.27. The fourth-order valence-electron chi connectivity index (χ4n) is 2.56. The quantitative estimate of drug-likeness (QED) is 0.706. The number of nitrogens with one attached hydrogen (secondary N) is 1. The van der Waals surface area contributed by atoms with Crippen LogP contribution in [0.5, 0.6) is 0 Å². The van der Waals surface area contributed by atoms with Gasteiger partial charge in [-0.2, -0.15) is 8.42 Å². The Morgan fingerprint density at radius 2 is 2.04 bits per heavy atom. The molecule has 0 radical (unpaired) electrons. The normalized spacial score (nSPS) is 18.0. The van der Waals surface area contributed by atoms with Gasteiger partial charge in [0, 0.05) is 6.54 Å². The maximum absolute atomic E-state index is 12.3. The van der Waals surface area contributed by atoms with Crippen molar-refractivity contribution in [2.75, 3.05) is 11.3 Å². The van der Waals surface area contributed by atoms with Crippen LogP contribution in [0.25, 0.3) is 0 Å². The van der Waals surface area contributed by atoms with Crippen LogP contribution >= 0.6 is 0 Å². The Kier molecular flexibility index (Phi) is 5.07.